The third-order valence-corrected chi connectivity index (χ3v) is 4.02. The number of aryl methyl sites for hydroxylation is 1. The van der Waals surface area contributed by atoms with Crippen LogP contribution in [0.5, 0.6) is 5.75 Å². The highest BCUT2D eigenvalue weighted by Gasteiger charge is 2.21. The molecule has 2 nitrogen and oxygen atoms in total. The van der Waals surface area contributed by atoms with Crippen LogP contribution in [-0.2, 0) is 0 Å². The Bertz CT molecular complexity index is 600. The Labute approximate surface area is 133 Å². The molecule has 0 aliphatic heterocycles. The standard InChI is InChI=1S/C17H19BrFNO/c1-3-15(20)17(12-5-7-13(19)8-6-12)21-16-9-4-11(2)10-14(16)18/h4-10,15,17H,3,20H2,1-2H3. The van der Waals surface area contributed by atoms with E-state index in [1.165, 1.54) is 12.1 Å². The first-order chi connectivity index (χ1) is 10.0. The first-order valence-electron chi connectivity index (χ1n) is 6.95. The number of ether oxygens (including phenoxy) is 1. The van der Waals surface area contributed by atoms with Crippen molar-refractivity contribution in [3.63, 3.8) is 0 Å². The lowest BCUT2D eigenvalue weighted by Gasteiger charge is -2.25. The van der Waals surface area contributed by atoms with Crippen LogP contribution in [0.4, 0.5) is 4.39 Å². The van der Waals surface area contributed by atoms with Gasteiger partial charge in [0.15, 0.2) is 0 Å². The summed E-state index contributed by atoms with van der Waals surface area (Å²) in [7, 11) is 0. The molecule has 4 heteroatoms. The summed E-state index contributed by atoms with van der Waals surface area (Å²) >= 11 is 3.50. The van der Waals surface area contributed by atoms with Gasteiger partial charge in [0, 0.05) is 6.04 Å². The SMILES string of the molecule is CCC(N)C(Oc1ccc(C)cc1Br)c1ccc(F)cc1. The van der Waals surface area contributed by atoms with Crippen LogP contribution in [0.2, 0.25) is 0 Å². The summed E-state index contributed by atoms with van der Waals surface area (Å²) in [4.78, 5) is 0. The largest absolute Gasteiger partial charge is 0.483 e. The van der Waals surface area contributed by atoms with Gasteiger partial charge in [0.1, 0.15) is 17.7 Å². The highest BCUT2D eigenvalue weighted by Crippen LogP contribution is 2.32. The van der Waals surface area contributed by atoms with Gasteiger partial charge in [-0.1, -0.05) is 25.1 Å². The molecule has 0 aromatic heterocycles. The van der Waals surface area contributed by atoms with Gasteiger partial charge in [-0.3, -0.25) is 0 Å². The molecular weight excluding hydrogens is 333 g/mol. The van der Waals surface area contributed by atoms with E-state index in [4.69, 9.17) is 10.5 Å². The van der Waals surface area contributed by atoms with Crippen LogP contribution in [0, 0.1) is 12.7 Å². The number of halogens is 2. The fourth-order valence-corrected chi connectivity index (χ4v) is 2.69. The second kappa shape index (κ2) is 7.05. The summed E-state index contributed by atoms with van der Waals surface area (Å²) in [5, 5.41) is 0. The van der Waals surface area contributed by atoms with Gasteiger partial charge in [0.25, 0.3) is 0 Å². The van der Waals surface area contributed by atoms with E-state index >= 15 is 0 Å². The van der Waals surface area contributed by atoms with E-state index in [0.717, 1.165) is 27.8 Å². The Morgan fingerprint density at radius 2 is 1.86 bits per heavy atom. The summed E-state index contributed by atoms with van der Waals surface area (Å²) in [5.74, 6) is 0.470. The Morgan fingerprint density at radius 3 is 2.43 bits per heavy atom. The Morgan fingerprint density at radius 1 is 1.19 bits per heavy atom. The first-order valence-corrected chi connectivity index (χ1v) is 7.74. The number of hydrogen-bond donors (Lipinski definition) is 1. The lowest BCUT2D eigenvalue weighted by atomic mass is 10.0. The third kappa shape index (κ3) is 4.05. The molecular formula is C17H19BrFNO. The smallest absolute Gasteiger partial charge is 0.139 e. The molecule has 0 bridgehead atoms. The average molecular weight is 352 g/mol. The van der Waals surface area contributed by atoms with E-state index in [1.54, 1.807) is 12.1 Å². The molecule has 0 saturated carbocycles. The topological polar surface area (TPSA) is 35.2 Å². The first kappa shape index (κ1) is 16.0. The van der Waals surface area contributed by atoms with Gasteiger partial charge in [-0.2, -0.15) is 0 Å². The summed E-state index contributed by atoms with van der Waals surface area (Å²) in [6.45, 7) is 4.03. The fourth-order valence-electron chi connectivity index (χ4n) is 2.11. The van der Waals surface area contributed by atoms with Crippen LogP contribution >= 0.6 is 15.9 Å². The summed E-state index contributed by atoms with van der Waals surface area (Å²) in [6, 6.07) is 12.0. The second-order valence-corrected chi connectivity index (χ2v) is 5.95. The lowest BCUT2D eigenvalue weighted by Crippen LogP contribution is -2.31. The van der Waals surface area contributed by atoms with Crippen molar-refractivity contribution in [1.82, 2.24) is 0 Å². The fraction of sp³-hybridized carbons (Fsp3) is 0.294. The second-order valence-electron chi connectivity index (χ2n) is 5.10. The maximum atomic E-state index is 13.1. The summed E-state index contributed by atoms with van der Waals surface area (Å²) < 4.78 is 20.1. The zero-order valence-electron chi connectivity index (χ0n) is 12.1. The number of nitrogens with two attached hydrogens (primary N) is 1. The maximum absolute atomic E-state index is 13.1. The van der Waals surface area contributed by atoms with Crippen LogP contribution in [-0.4, -0.2) is 6.04 Å². The van der Waals surface area contributed by atoms with Crippen molar-refractivity contribution < 1.29 is 9.13 Å². The molecule has 2 unspecified atom stereocenters. The molecule has 0 fully saturated rings. The average Bonchev–Trinajstić information content (AvgIpc) is 2.47. The summed E-state index contributed by atoms with van der Waals surface area (Å²) in [6.07, 6.45) is 0.459. The van der Waals surface area contributed by atoms with Crippen molar-refractivity contribution in [2.24, 2.45) is 5.73 Å². The Hall–Kier alpha value is -1.39. The van der Waals surface area contributed by atoms with Gasteiger partial charge < -0.3 is 10.5 Å². The number of rotatable bonds is 5. The van der Waals surface area contributed by atoms with Crippen LogP contribution in [0.25, 0.3) is 0 Å². The van der Waals surface area contributed by atoms with Crippen molar-refractivity contribution in [2.45, 2.75) is 32.4 Å². The van der Waals surface area contributed by atoms with Gasteiger partial charge in [0.2, 0.25) is 0 Å². The minimum Gasteiger partial charge on any atom is -0.483 e. The molecule has 2 aromatic carbocycles. The maximum Gasteiger partial charge on any atom is 0.139 e. The Balaban J connectivity index is 2.30. The molecule has 112 valence electrons. The van der Waals surface area contributed by atoms with Gasteiger partial charge >= 0.3 is 0 Å². The van der Waals surface area contributed by atoms with Gasteiger partial charge in [-0.05, 0) is 64.7 Å². The van der Waals surface area contributed by atoms with Crippen LogP contribution in [0.1, 0.15) is 30.6 Å². The van der Waals surface area contributed by atoms with Crippen molar-refractivity contribution in [3.05, 3.63) is 63.9 Å². The molecule has 0 saturated heterocycles. The van der Waals surface area contributed by atoms with E-state index in [0.29, 0.717) is 0 Å². The molecule has 2 atom stereocenters. The van der Waals surface area contributed by atoms with E-state index in [2.05, 4.69) is 15.9 Å². The van der Waals surface area contributed by atoms with E-state index < -0.39 is 0 Å². The van der Waals surface area contributed by atoms with E-state index in [-0.39, 0.29) is 18.0 Å². The molecule has 0 aliphatic carbocycles. The minimum atomic E-state index is -0.311. The molecule has 0 amide bonds. The quantitative estimate of drug-likeness (QED) is 0.843. The zero-order chi connectivity index (χ0) is 15.4. The van der Waals surface area contributed by atoms with Crippen molar-refractivity contribution in [2.75, 3.05) is 0 Å². The molecule has 0 spiro atoms. The highest BCUT2D eigenvalue weighted by atomic mass is 79.9. The highest BCUT2D eigenvalue weighted by molar-refractivity contribution is 9.10. The minimum absolute atomic E-state index is 0.163. The third-order valence-electron chi connectivity index (χ3n) is 3.40. The van der Waals surface area contributed by atoms with E-state index in [1.807, 2.05) is 32.0 Å². The molecule has 2 rings (SSSR count). The molecule has 2 N–H and O–H groups in total. The predicted molar refractivity (Wildman–Crippen MR) is 86.9 cm³/mol. The lowest BCUT2D eigenvalue weighted by molar-refractivity contribution is 0.170. The van der Waals surface area contributed by atoms with Crippen molar-refractivity contribution >= 4 is 15.9 Å². The molecule has 0 heterocycles. The van der Waals surface area contributed by atoms with Crippen LogP contribution in [0.15, 0.2) is 46.9 Å². The molecule has 0 radical (unpaired) electrons. The monoisotopic (exact) mass is 351 g/mol. The van der Waals surface area contributed by atoms with Crippen LogP contribution < -0.4 is 10.5 Å². The van der Waals surface area contributed by atoms with E-state index in [9.17, 15) is 4.39 Å². The normalized spacial score (nSPS) is 13.8. The molecule has 21 heavy (non-hydrogen) atoms. The molecule has 2 aromatic rings. The number of hydrogen-bond acceptors (Lipinski definition) is 2. The van der Waals surface area contributed by atoms with Gasteiger partial charge in [0.05, 0.1) is 4.47 Å². The van der Waals surface area contributed by atoms with Crippen LogP contribution in [0.3, 0.4) is 0 Å². The van der Waals surface area contributed by atoms with Gasteiger partial charge in [-0.25, -0.2) is 4.39 Å². The van der Waals surface area contributed by atoms with Crippen molar-refractivity contribution in [3.8, 4) is 5.75 Å². The Kier molecular flexibility index (Phi) is 5.37. The molecule has 0 aliphatic rings. The van der Waals surface area contributed by atoms with Gasteiger partial charge in [-0.15, -0.1) is 0 Å². The number of benzene rings is 2. The zero-order valence-corrected chi connectivity index (χ0v) is 13.7. The summed E-state index contributed by atoms with van der Waals surface area (Å²) in [5.41, 5.74) is 8.20. The van der Waals surface area contributed by atoms with Crippen molar-refractivity contribution in [1.29, 1.82) is 0 Å². The predicted octanol–water partition coefficient (Wildman–Crippen LogP) is 4.75.